The average Bonchev–Trinajstić information content (AvgIpc) is 3.30. The number of hydrogen-bond donors (Lipinski definition) is 1. The van der Waals surface area contributed by atoms with Crippen molar-refractivity contribution in [2.24, 2.45) is 0 Å². The number of rotatable bonds is 6. The molecule has 0 aliphatic rings. The van der Waals surface area contributed by atoms with E-state index in [1.54, 1.807) is 25.6 Å². The maximum atomic E-state index is 12.8. The first kappa shape index (κ1) is 18.4. The number of carbonyl (C=O) groups is 1. The first-order chi connectivity index (χ1) is 12.5. The Morgan fingerprint density at radius 3 is 2.69 bits per heavy atom. The summed E-state index contributed by atoms with van der Waals surface area (Å²) in [5.74, 6) is 1.29. The predicted molar refractivity (Wildman–Crippen MR) is 106 cm³/mol. The van der Waals surface area contributed by atoms with E-state index in [4.69, 9.17) is 9.47 Å². The lowest BCUT2D eigenvalue weighted by Crippen LogP contribution is -2.26. The molecule has 136 valence electrons. The summed E-state index contributed by atoms with van der Waals surface area (Å²) < 4.78 is 10.7. The summed E-state index contributed by atoms with van der Waals surface area (Å²) in [4.78, 5) is 19.0. The maximum Gasteiger partial charge on any atom is 0.263 e. The average molecular weight is 389 g/mol. The summed E-state index contributed by atoms with van der Waals surface area (Å²) in [6, 6.07) is 9.29. The second-order valence-electron chi connectivity index (χ2n) is 5.71. The Labute approximate surface area is 160 Å². The molecule has 7 heteroatoms. The van der Waals surface area contributed by atoms with E-state index in [9.17, 15) is 4.79 Å². The zero-order valence-corrected chi connectivity index (χ0v) is 16.7. The molecule has 0 radical (unpaired) electrons. The summed E-state index contributed by atoms with van der Waals surface area (Å²) in [7, 11) is 3.22. The van der Waals surface area contributed by atoms with Gasteiger partial charge in [0, 0.05) is 5.56 Å². The number of aryl methyl sites for hydroxylation is 1. The topological polar surface area (TPSA) is 60.5 Å². The number of methoxy groups -OCH3 is 2. The quantitative estimate of drug-likeness (QED) is 0.666. The number of nitrogens with zero attached hydrogens (tertiary/aromatic N) is 1. The van der Waals surface area contributed by atoms with Crippen molar-refractivity contribution in [1.29, 1.82) is 0 Å². The number of benzene rings is 1. The van der Waals surface area contributed by atoms with Crippen molar-refractivity contribution in [3.8, 4) is 21.4 Å². The lowest BCUT2D eigenvalue weighted by atomic mass is 10.1. The normalized spacial score (nSPS) is 11.8. The van der Waals surface area contributed by atoms with E-state index >= 15 is 0 Å². The van der Waals surface area contributed by atoms with E-state index in [2.05, 4.69) is 10.3 Å². The van der Waals surface area contributed by atoms with Crippen LogP contribution in [0.4, 0.5) is 0 Å². The number of nitrogens with one attached hydrogen (secondary N) is 1. The van der Waals surface area contributed by atoms with Gasteiger partial charge in [-0.05, 0) is 43.5 Å². The number of carbonyl (C=O) groups excluding carboxylic acids is 1. The molecule has 3 rings (SSSR count). The van der Waals surface area contributed by atoms with Crippen LogP contribution < -0.4 is 14.8 Å². The second-order valence-corrected chi connectivity index (χ2v) is 7.66. The largest absolute Gasteiger partial charge is 0.497 e. The van der Waals surface area contributed by atoms with Crippen LogP contribution in [-0.2, 0) is 0 Å². The zero-order chi connectivity index (χ0) is 18.7. The predicted octanol–water partition coefficient (Wildman–Crippen LogP) is 4.69. The summed E-state index contributed by atoms with van der Waals surface area (Å²) in [5.41, 5.74) is 1.60. The molecule has 0 bridgehead atoms. The first-order valence-electron chi connectivity index (χ1n) is 8.07. The Morgan fingerprint density at radius 1 is 1.23 bits per heavy atom. The molecule has 0 saturated heterocycles. The Morgan fingerprint density at radius 2 is 2.04 bits per heavy atom. The van der Waals surface area contributed by atoms with Crippen LogP contribution in [0, 0.1) is 6.92 Å². The monoisotopic (exact) mass is 388 g/mol. The molecule has 1 amide bonds. The molecule has 0 saturated carbocycles. The number of thiazole rings is 1. The molecule has 0 spiro atoms. The van der Waals surface area contributed by atoms with Crippen molar-refractivity contribution in [1.82, 2.24) is 10.3 Å². The summed E-state index contributed by atoms with van der Waals surface area (Å²) in [6.07, 6.45) is 0. The van der Waals surface area contributed by atoms with Gasteiger partial charge in [0.25, 0.3) is 5.91 Å². The van der Waals surface area contributed by atoms with Crippen LogP contribution in [-0.4, -0.2) is 25.1 Å². The minimum atomic E-state index is -0.237. The van der Waals surface area contributed by atoms with Crippen LogP contribution in [0.2, 0.25) is 0 Å². The highest BCUT2D eigenvalue weighted by Crippen LogP contribution is 2.32. The fraction of sp³-hybridized carbons (Fsp3) is 0.263. The third-order valence-electron chi connectivity index (χ3n) is 3.99. The molecule has 26 heavy (non-hydrogen) atoms. The molecule has 0 fully saturated rings. The Balaban J connectivity index is 1.82. The fourth-order valence-electron chi connectivity index (χ4n) is 2.63. The standard InChI is InChI=1S/C19H20N2O3S2/c1-11(14-10-13(23-3)7-8-15(14)24-4)20-18(22)17-12(2)21-19(26-17)16-6-5-9-25-16/h5-11H,1-4H3,(H,20,22)/t11-/m1/s1. The van der Waals surface area contributed by atoms with E-state index in [1.165, 1.54) is 11.3 Å². The van der Waals surface area contributed by atoms with Crippen LogP contribution in [0.1, 0.15) is 33.9 Å². The van der Waals surface area contributed by atoms with Gasteiger partial charge in [-0.3, -0.25) is 4.79 Å². The molecule has 3 aromatic rings. The van der Waals surface area contributed by atoms with Crippen LogP contribution in [0.3, 0.4) is 0 Å². The van der Waals surface area contributed by atoms with Crippen molar-refractivity contribution in [2.45, 2.75) is 19.9 Å². The van der Waals surface area contributed by atoms with E-state index in [1.807, 2.05) is 49.6 Å². The maximum absolute atomic E-state index is 12.8. The van der Waals surface area contributed by atoms with E-state index in [0.717, 1.165) is 26.9 Å². The van der Waals surface area contributed by atoms with Gasteiger partial charge >= 0.3 is 0 Å². The number of aromatic nitrogens is 1. The summed E-state index contributed by atoms with van der Waals surface area (Å²) in [5, 5.41) is 5.91. The third-order valence-corrected chi connectivity index (χ3v) is 6.18. The minimum absolute atomic E-state index is 0.139. The first-order valence-corrected chi connectivity index (χ1v) is 9.77. The molecule has 1 N–H and O–H groups in total. The third kappa shape index (κ3) is 3.73. The van der Waals surface area contributed by atoms with E-state index in [0.29, 0.717) is 10.6 Å². The van der Waals surface area contributed by atoms with Crippen molar-refractivity contribution >= 4 is 28.6 Å². The molecular weight excluding hydrogens is 368 g/mol. The molecule has 0 aliphatic carbocycles. The van der Waals surface area contributed by atoms with Gasteiger partial charge in [0.05, 0.1) is 30.8 Å². The smallest absolute Gasteiger partial charge is 0.263 e. The number of thiophene rings is 1. The molecular formula is C19H20N2O3S2. The van der Waals surface area contributed by atoms with Gasteiger partial charge in [0.1, 0.15) is 21.4 Å². The number of ether oxygens (including phenoxy) is 2. The SMILES string of the molecule is COc1ccc(OC)c([C@@H](C)NC(=O)c2sc(-c3cccs3)nc2C)c1. The van der Waals surface area contributed by atoms with Gasteiger partial charge in [0.15, 0.2) is 0 Å². The Hall–Kier alpha value is -2.38. The molecule has 2 heterocycles. The molecule has 2 aromatic heterocycles. The van der Waals surface area contributed by atoms with Crippen molar-refractivity contribution in [3.63, 3.8) is 0 Å². The second kappa shape index (κ2) is 7.88. The molecule has 0 aliphatic heterocycles. The van der Waals surface area contributed by atoms with Crippen LogP contribution >= 0.6 is 22.7 Å². The van der Waals surface area contributed by atoms with Gasteiger partial charge in [-0.2, -0.15) is 0 Å². The van der Waals surface area contributed by atoms with Gasteiger partial charge in [-0.15, -0.1) is 22.7 Å². The lowest BCUT2D eigenvalue weighted by Gasteiger charge is -2.18. The highest BCUT2D eigenvalue weighted by atomic mass is 32.1. The Bertz CT molecular complexity index is 904. The molecule has 0 unspecified atom stereocenters. The lowest BCUT2D eigenvalue weighted by molar-refractivity contribution is 0.0942. The minimum Gasteiger partial charge on any atom is -0.497 e. The summed E-state index contributed by atoms with van der Waals surface area (Å²) in [6.45, 7) is 3.78. The summed E-state index contributed by atoms with van der Waals surface area (Å²) >= 11 is 3.03. The van der Waals surface area contributed by atoms with E-state index < -0.39 is 0 Å². The fourth-order valence-corrected chi connectivity index (χ4v) is 4.40. The van der Waals surface area contributed by atoms with Crippen molar-refractivity contribution < 1.29 is 14.3 Å². The number of hydrogen-bond acceptors (Lipinski definition) is 6. The van der Waals surface area contributed by atoms with Gasteiger partial charge < -0.3 is 14.8 Å². The van der Waals surface area contributed by atoms with E-state index in [-0.39, 0.29) is 11.9 Å². The van der Waals surface area contributed by atoms with Crippen molar-refractivity contribution in [3.05, 3.63) is 51.8 Å². The van der Waals surface area contributed by atoms with Crippen LogP contribution in [0.15, 0.2) is 35.7 Å². The molecule has 1 atom stereocenters. The molecule has 1 aromatic carbocycles. The van der Waals surface area contributed by atoms with Gasteiger partial charge in [0.2, 0.25) is 0 Å². The van der Waals surface area contributed by atoms with Gasteiger partial charge in [-0.1, -0.05) is 6.07 Å². The Kier molecular flexibility index (Phi) is 5.58. The van der Waals surface area contributed by atoms with Crippen LogP contribution in [0.5, 0.6) is 11.5 Å². The highest BCUT2D eigenvalue weighted by molar-refractivity contribution is 7.22. The zero-order valence-electron chi connectivity index (χ0n) is 15.0. The van der Waals surface area contributed by atoms with Crippen LogP contribution in [0.25, 0.3) is 9.88 Å². The number of amides is 1. The van der Waals surface area contributed by atoms with Crippen molar-refractivity contribution in [2.75, 3.05) is 14.2 Å². The van der Waals surface area contributed by atoms with Gasteiger partial charge in [-0.25, -0.2) is 4.98 Å². The molecule has 5 nitrogen and oxygen atoms in total. The highest BCUT2D eigenvalue weighted by Gasteiger charge is 2.20.